The molecule has 0 radical (unpaired) electrons. The fourth-order valence-corrected chi connectivity index (χ4v) is 2.45. The lowest BCUT2D eigenvalue weighted by Crippen LogP contribution is -2.19. The normalized spacial score (nSPS) is 20.0. The highest BCUT2D eigenvalue weighted by Crippen LogP contribution is 2.20. The molecule has 3 N–H and O–H groups in total. The van der Waals surface area contributed by atoms with Gasteiger partial charge in [-0.3, -0.25) is 4.79 Å². The van der Waals surface area contributed by atoms with Gasteiger partial charge < -0.3 is 16.0 Å². The van der Waals surface area contributed by atoms with Crippen LogP contribution in [-0.2, 0) is 0 Å². The van der Waals surface area contributed by atoms with Gasteiger partial charge in [-0.25, -0.2) is 0 Å². The number of hydrogen-bond donors (Lipinski definition) is 2. The van der Waals surface area contributed by atoms with E-state index in [1.807, 2.05) is 12.1 Å². The number of likely N-dealkylation sites (tertiary alicyclic amines) is 1. The van der Waals surface area contributed by atoms with Gasteiger partial charge in [-0.2, -0.15) is 0 Å². The molecule has 0 spiro atoms. The average Bonchev–Trinajstić information content (AvgIpc) is 2.72. The summed E-state index contributed by atoms with van der Waals surface area (Å²) in [5.74, 6) is 0.708. The smallest absolute Gasteiger partial charge is 0.161 e. The summed E-state index contributed by atoms with van der Waals surface area (Å²) < 4.78 is 0. The zero-order valence-corrected chi connectivity index (χ0v) is 11.1. The Morgan fingerprint density at radius 1 is 1.56 bits per heavy atom. The minimum Gasteiger partial charge on any atom is -0.398 e. The Bertz CT molecular complexity index is 445. The van der Waals surface area contributed by atoms with Crippen LogP contribution >= 0.6 is 0 Å². The van der Waals surface area contributed by atoms with E-state index in [1.165, 1.54) is 19.9 Å². The Morgan fingerprint density at radius 3 is 2.89 bits per heavy atom. The maximum Gasteiger partial charge on any atom is 0.161 e. The topological polar surface area (TPSA) is 58.4 Å². The molecule has 0 aromatic heterocycles. The summed E-state index contributed by atoms with van der Waals surface area (Å²) in [6.07, 6.45) is 1.24. The van der Waals surface area contributed by atoms with Crippen molar-refractivity contribution in [1.29, 1.82) is 0 Å². The van der Waals surface area contributed by atoms with Crippen LogP contribution in [0, 0.1) is 5.92 Å². The van der Waals surface area contributed by atoms with E-state index < -0.39 is 0 Å². The first-order valence-electron chi connectivity index (χ1n) is 6.39. The first kappa shape index (κ1) is 12.9. The second-order valence-corrected chi connectivity index (χ2v) is 5.16. The van der Waals surface area contributed by atoms with Gasteiger partial charge in [0, 0.05) is 30.0 Å². The van der Waals surface area contributed by atoms with Gasteiger partial charge in [0.15, 0.2) is 5.78 Å². The Morgan fingerprint density at radius 2 is 2.33 bits per heavy atom. The first-order valence-corrected chi connectivity index (χ1v) is 6.39. The van der Waals surface area contributed by atoms with Gasteiger partial charge in [0.2, 0.25) is 0 Å². The molecule has 0 bridgehead atoms. The van der Waals surface area contributed by atoms with E-state index in [0.717, 1.165) is 18.8 Å². The summed E-state index contributed by atoms with van der Waals surface area (Å²) in [4.78, 5) is 13.6. The molecular weight excluding hydrogens is 226 g/mol. The van der Waals surface area contributed by atoms with E-state index in [9.17, 15) is 4.79 Å². The van der Waals surface area contributed by atoms with E-state index in [-0.39, 0.29) is 5.78 Å². The number of ketones is 1. The van der Waals surface area contributed by atoms with Crippen molar-refractivity contribution in [1.82, 2.24) is 4.90 Å². The number of anilines is 2. The maximum absolute atomic E-state index is 11.3. The highest BCUT2D eigenvalue weighted by Gasteiger charge is 2.18. The number of carbonyl (C=O) groups is 1. The van der Waals surface area contributed by atoms with Crippen molar-refractivity contribution in [3.05, 3.63) is 23.8 Å². The minimum absolute atomic E-state index is 0.0106. The average molecular weight is 247 g/mol. The molecule has 0 saturated carbocycles. The zero-order chi connectivity index (χ0) is 13.1. The molecule has 1 aromatic rings. The number of hydrogen-bond acceptors (Lipinski definition) is 4. The molecule has 1 atom stereocenters. The van der Waals surface area contributed by atoms with Crippen LogP contribution in [0.1, 0.15) is 23.7 Å². The molecule has 4 heteroatoms. The van der Waals surface area contributed by atoms with Crippen molar-refractivity contribution in [3.8, 4) is 0 Å². The largest absolute Gasteiger partial charge is 0.398 e. The predicted octanol–water partition coefficient (Wildman–Crippen LogP) is 1.83. The molecule has 0 amide bonds. The van der Waals surface area contributed by atoms with Crippen molar-refractivity contribution in [2.24, 2.45) is 5.92 Å². The van der Waals surface area contributed by atoms with Crippen LogP contribution in [-0.4, -0.2) is 37.4 Å². The molecule has 2 rings (SSSR count). The number of Topliss-reactive ketones (excluding diaryl/α,β-unsaturated/α-hetero) is 1. The third-order valence-electron chi connectivity index (χ3n) is 3.51. The molecule has 4 nitrogen and oxygen atoms in total. The monoisotopic (exact) mass is 247 g/mol. The Kier molecular flexibility index (Phi) is 3.87. The Balaban J connectivity index is 1.94. The van der Waals surface area contributed by atoms with Gasteiger partial charge in [-0.05, 0) is 51.1 Å². The van der Waals surface area contributed by atoms with E-state index in [2.05, 4.69) is 17.3 Å². The molecule has 1 unspecified atom stereocenters. The number of rotatable bonds is 4. The fraction of sp³-hybridized carbons (Fsp3) is 0.500. The number of nitrogen functional groups attached to an aromatic ring is 1. The van der Waals surface area contributed by atoms with Crippen LogP contribution in [0.15, 0.2) is 18.2 Å². The van der Waals surface area contributed by atoms with Gasteiger partial charge in [0.05, 0.1) is 0 Å². The Labute approximate surface area is 108 Å². The standard InChI is InChI=1S/C14H21N3O/c1-10(18)13-4-3-12(7-14(13)15)16-8-11-5-6-17(2)9-11/h3-4,7,11,16H,5-6,8-9,15H2,1-2H3. The minimum atomic E-state index is 0.0106. The first-order chi connectivity index (χ1) is 8.56. The molecule has 1 aromatic carbocycles. The number of carbonyl (C=O) groups excluding carboxylic acids is 1. The third-order valence-corrected chi connectivity index (χ3v) is 3.51. The van der Waals surface area contributed by atoms with E-state index >= 15 is 0 Å². The molecule has 1 heterocycles. The quantitative estimate of drug-likeness (QED) is 0.629. The predicted molar refractivity (Wildman–Crippen MR) is 75.0 cm³/mol. The summed E-state index contributed by atoms with van der Waals surface area (Å²) in [7, 11) is 2.15. The zero-order valence-electron chi connectivity index (χ0n) is 11.1. The van der Waals surface area contributed by atoms with E-state index in [1.54, 1.807) is 6.07 Å². The fourth-order valence-electron chi connectivity index (χ4n) is 2.45. The highest BCUT2D eigenvalue weighted by atomic mass is 16.1. The molecule has 18 heavy (non-hydrogen) atoms. The lowest BCUT2D eigenvalue weighted by Gasteiger charge is -2.13. The van der Waals surface area contributed by atoms with Crippen molar-refractivity contribution >= 4 is 17.2 Å². The molecule has 0 aliphatic carbocycles. The van der Waals surface area contributed by atoms with Crippen LogP contribution < -0.4 is 11.1 Å². The van der Waals surface area contributed by atoms with Gasteiger partial charge >= 0.3 is 0 Å². The second kappa shape index (κ2) is 5.40. The molecule has 1 saturated heterocycles. The molecule has 98 valence electrons. The second-order valence-electron chi connectivity index (χ2n) is 5.16. The lowest BCUT2D eigenvalue weighted by atomic mass is 10.1. The SMILES string of the molecule is CC(=O)c1ccc(NCC2CCN(C)C2)cc1N. The van der Waals surface area contributed by atoms with Crippen molar-refractivity contribution in [3.63, 3.8) is 0 Å². The summed E-state index contributed by atoms with van der Waals surface area (Å²) in [5.41, 5.74) is 8.00. The van der Waals surface area contributed by atoms with Crippen molar-refractivity contribution in [2.75, 3.05) is 37.7 Å². The van der Waals surface area contributed by atoms with Crippen LogP contribution in [0.25, 0.3) is 0 Å². The van der Waals surface area contributed by atoms with Crippen LogP contribution in [0.5, 0.6) is 0 Å². The third kappa shape index (κ3) is 3.01. The molecular formula is C14H21N3O. The summed E-state index contributed by atoms with van der Waals surface area (Å²) in [6, 6.07) is 5.56. The summed E-state index contributed by atoms with van der Waals surface area (Å²) in [6.45, 7) is 4.82. The van der Waals surface area contributed by atoms with Crippen LogP contribution in [0.4, 0.5) is 11.4 Å². The van der Waals surface area contributed by atoms with Crippen molar-refractivity contribution < 1.29 is 4.79 Å². The van der Waals surface area contributed by atoms with Gasteiger partial charge in [-0.1, -0.05) is 0 Å². The van der Waals surface area contributed by atoms with Crippen molar-refractivity contribution in [2.45, 2.75) is 13.3 Å². The van der Waals surface area contributed by atoms with Crippen LogP contribution in [0.2, 0.25) is 0 Å². The van der Waals surface area contributed by atoms with E-state index in [4.69, 9.17) is 5.73 Å². The lowest BCUT2D eigenvalue weighted by molar-refractivity contribution is 0.101. The van der Waals surface area contributed by atoms with Gasteiger partial charge in [0.25, 0.3) is 0 Å². The number of nitrogens with one attached hydrogen (secondary N) is 1. The van der Waals surface area contributed by atoms with Crippen LogP contribution in [0.3, 0.4) is 0 Å². The maximum atomic E-state index is 11.3. The number of nitrogens with zero attached hydrogens (tertiary/aromatic N) is 1. The summed E-state index contributed by atoms with van der Waals surface area (Å²) in [5, 5.41) is 3.40. The van der Waals surface area contributed by atoms with E-state index in [0.29, 0.717) is 17.2 Å². The molecule has 1 aliphatic rings. The number of benzene rings is 1. The van der Waals surface area contributed by atoms with Gasteiger partial charge in [-0.15, -0.1) is 0 Å². The molecule has 1 aliphatic heterocycles. The Hall–Kier alpha value is -1.55. The highest BCUT2D eigenvalue weighted by molar-refractivity contribution is 5.99. The summed E-state index contributed by atoms with van der Waals surface area (Å²) >= 11 is 0. The number of nitrogens with two attached hydrogens (primary N) is 1. The van der Waals surface area contributed by atoms with Gasteiger partial charge in [0.1, 0.15) is 0 Å². The molecule has 1 fully saturated rings.